The zero-order chi connectivity index (χ0) is 19.6. The van der Waals surface area contributed by atoms with Crippen molar-refractivity contribution >= 4 is 10.8 Å². The molecular weight excluding hydrogens is 344 g/mol. The fraction of sp³-hybridized carbons (Fsp3) is 0.400. The number of hydrogen-bond acceptors (Lipinski definition) is 3. The lowest BCUT2D eigenvalue weighted by atomic mass is 9.64. The van der Waals surface area contributed by atoms with Gasteiger partial charge in [-0.1, -0.05) is 37.3 Å². The molecule has 1 aliphatic rings. The molecule has 1 fully saturated rings. The maximum Gasteiger partial charge on any atom is 0.123 e. The second-order valence-electron chi connectivity index (χ2n) is 8.19. The molecule has 3 aromatic rings. The smallest absolute Gasteiger partial charge is 0.123 e. The molecule has 1 atom stereocenters. The normalized spacial score (nSPS) is 23.5. The third kappa shape index (κ3) is 3.51. The van der Waals surface area contributed by atoms with Crippen molar-refractivity contribution in [2.24, 2.45) is 5.73 Å². The molecular formula is C25H30N2O. The molecule has 146 valence electrons. The number of aryl methyl sites for hydroxylation is 1. The van der Waals surface area contributed by atoms with Crippen LogP contribution in [0.2, 0.25) is 0 Å². The van der Waals surface area contributed by atoms with Gasteiger partial charge in [0, 0.05) is 29.2 Å². The number of nitrogens with zero attached hydrogens (tertiary/aromatic N) is 1. The topological polar surface area (TPSA) is 48.1 Å². The highest BCUT2D eigenvalue weighted by atomic mass is 16.5. The van der Waals surface area contributed by atoms with E-state index in [-0.39, 0.29) is 17.6 Å². The van der Waals surface area contributed by atoms with Crippen LogP contribution in [0, 0.1) is 6.92 Å². The van der Waals surface area contributed by atoms with Crippen LogP contribution in [0.4, 0.5) is 0 Å². The fourth-order valence-electron chi connectivity index (χ4n) is 4.79. The van der Waals surface area contributed by atoms with E-state index >= 15 is 0 Å². The molecule has 2 aromatic carbocycles. The number of hydrogen-bond donors (Lipinski definition) is 1. The van der Waals surface area contributed by atoms with Crippen molar-refractivity contribution in [3.63, 3.8) is 0 Å². The Labute approximate surface area is 167 Å². The average molecular weight is 375 g/mol. The Bertz CT molecular complexity index is 930. The number of benzene rings is 2. The molecule has 0 radical (unpaired) electrons. The van der Waals surface area contributed by atoms with Gasteiger partial charge < -0.3 is 10.5 Å². The van der Waals surface area contributed by atoms with Gasteiger partial charge in [-0.15, -0.1) is 0 Å². The highest BCUT2D eigenvalue weighted by molar-refractivity contribution is 5.84. The van der Waals surface area contributed by atoms with Crippen LogP contribution in [0.3, 0.4) is 0 Å². The lowest BCUT2D eigenvalue weighted by Crippen LogP contribution is -2.48. The summed E-state index contributed by atoms with van der Waals surface area (Å²) in [7, 11) is 0. The molecule has 2 N–H and O–H groups in total. The third-order valence-corrected chi connectivity index (χ3v) is 6.55. The molecule has 1 heterocycles. The van der Waals surface area contributed by atoms with Gasteiger partial charge >= 0.3 is 0 Å². The van der Waals surface area contributed by atoms with E-state index in [9.17, 15) is 0 Å². The zero-order valence-corrected chi connectivity index (χ0v) is 16.9. The molecule has 1 saturated carbocycles. The first kappa shape index (κ1) is 18.9. The van der Waals surface area contributed by atoms with Gasteiger partial charge in [0.2, 0.25) is 0 Å². The summed E-state index contributed by atoms with van der Waals surface area (Å²) < 4.78 is 6.48. The quantitative estimate of drug-likeness (QED) is 0.638. The minimum Gasteiger partial charge on any atom is -0.490 e. The molecule has 4 rings (SSSR count). The highest BCUT2D eigenvalue weighted by Gasteiger charge is 2.41. The van der Waals surface area contributed by atoms with Crippen molar-refractivity contribution in [3.05, 3.63) is 72.1 Å². The first-order chi connectivity index (χ1) is 13.6. The molecule has 0 aliphatic heterocycles. The fourth-order valence-corrected chi connectivity index (χ4v) is 4.79. The first-order valence-corrected chi connectivity index (χ1v) is 10.4. The van der Waals surface area contributed by atoms with Crippen molar-refractivity contribution in [2.45, 2.75) is 63.5 Å². The maximum absolute atomic E-state index is 6.65. The summed E-state index contributed by atoms with van der Waals surface area (Å²) in [5.74, 6) is 0.996. The molecule has 1 aromatic heterocycles. The van der Waals surface area contributed by atoms with Crippen LogP contribution in [-0.2, 0) is 5.41 Å². The molecule has 0 spiro atoms. The van der Waals surface area contributed by atoms with Crippen LogP contribution in [0.25, 0.3) is 10.8 Å². The summed E-state index contributed by atoms with van der Waals surface area (Å²) >= 11 is 0. The zero-order valence-electron chi connectivity index (χ0n) is 16.9. The molecule has 3 heteroatoms. The predicted molar refractivity (Wildman–Crippen MR) is 116 cm³/mol. The number of ether oxygens (including phenoxy) is 1. The molecule has 0 bridgehead atoms. The SMILES string of the molecule is CCC(N)C1(c2ccccc2)CCC(Oc2cc3ccncc3cc2C)CC1. The predicted octanol–water partition coefficient (Wildman–Crippen LogP) is 5.54. The number of aromatic nitrogens is 1. The molecule has 1 aliphatic carbocycles. The van der Waals surface area contributed by atoms with E-state index < -0.39 is 0 Å². The number of rotatable bonds is 5. The summed E-state index contributed by atoms with van der Waals surface area (Å²) in [5, 5.41) is 2.34. The first-order valence-electron chi connectivity index (χ1n) is 10.4. The van der Waals surface area contributed by atoms with Gasteiger partial charge in [0.15, 0.2) is 0 Å². The molecule has 0 saturated heterocycles. The molecule has 3 nitrogen and oxygen atoms in total. The lowest BCUT2D eigenvalue weighted by molar-refractivity contribution is 0.103. The standard InChI is InChI=1S/C25H30N2O/c1-3-24(26)25(21-7-5-4-6-8-21)12-9-22(10-13-25)28-23-16-19-11-14-27-17-20(19)15-18(23)2/h4-8,11,14-17,22,24H,3,9-10,12-13,26H2,1-2H3. The van der Waals surface area contributed by atoms with Crippen molar-refractivity contribution < 1.29 is 4.74 Å². The van der Waals surface area contributed by atoms with E-state index in [0.29, 0.717) is 0 Å². The van der Waals surface area contributed by atoms with Crippen molar-refractivity contribution in [3.8, 4) is 5.75 Å². The summed E-state index contributed by atoms with van der Waals surface area (Å²) in [6.45, 7) is 4.32. The number of pyridine rings is 1. The van der Waals surface area contributed by atoms with E-state index in [4.69, 9.17) is 10.5 Å². The van der Waals surface area contributed by atoms with Gasteiger partial charge in [0.05, 0.1) is 6.10 Å². The van der Waals surface area contributed by atoms with Gasteiger partial charge in [-0.2, -0.15) is 0 Å². The Morgan fingerprint density at radius 2 is 1.86 bits per heavy atom. The lowest BCUT2D eigenvalue weighted by Gasteiger charge is -2.44. The molecule has 0 amide bonds. The summed E-state index contributed by atoms with van der Waals surface area (Å²) in [5.41, 5.74) is 9.28. The van der Waals surface area contributed by atoms with E-state index in [0.717, 1.165) is 43.2 Å². The van der Waals surface area contributed by atoms with Gasteiger partial charge in [0.25, 0.3) is 0 Å². The summed E-state index contributed by atoms with van der Waals surface area (Å²) in [6, 6.07) is 17.4. The Hall–Kier alpha value is -2.39. The van der Waals surface area contributed by atoms with Crippen molar-refractivity contribution in [2.75, 3.05) is 0 Å². The Morgan fingerprint density at radius 1 is 1.11 bits per heavy atom. The largest absolute Gasteiger partial charge is 0.490 e. The number of fused-ring (bicyclic) bond motifs is 1. The molecule has 1 unspecified atom stereocenters. The Kier molecular flexibility index (Phi) is 5.36. The Balaban J connectivity index is 1.52. The van der Waals surface area contributed by atoms with E-state index in [1.165, 1.54) is 16.5 Å². The van der Waals surface area contributed by atoms with Crippen LogP contribution in [-0.4, -0.2) is 17.1 Å². The van der Waals surface area contributed by atoms with Crippen molar-refractivity contribution in [1.29, 1.82) is 0 Å². The second kappa shape index (κ2) is 7.92. The number of nitrogens with two attached hydrogens (primary N) is 1. The average Bonchev–Trinajstić information content (AvgIpc) is 2.75. The van der Waals surface area contributed by atoms with Crippen LogP contribution in [0.5, 0.6) is 5.75 Å². The van der Waals surface area contributed by atoms with Gasteiger partial charge in [-0.3, -0.25) is 4.98 Å². The summed E-state index contributed by atoms with van der Waals surface area (Å²) in [6.07, 6.45) is 9.22. The van der Waals surface area contributed by atoms with Crippen LogP contribution in [0.1, 0.15) is 50.2 Å². The Morgan fingerprint density at radius 3 is 2.57 bits per heavy atom. The van der Waals surface area contributed by atoms with Crippen molar-refractivity contribution in [1.82, 2.24) is 4.98 Å². The van der Waals surface area contributed by atoms with Gasteiger partial charge in [-0.25, -0.2) is 0 Å². The summed E-state index contributed by atoms with van der Waals surface area (Å²) in [4.78, 5) is 4.22. The third-order valence-electron chi connectivity index (χ3n) is 6.55. The van der Waals surface area contributed by atoms with Crippen LogP contribution >= 0.6 is 0 Å². The van der Waals surface area contributed by atoms with E-state index in [1.807, 2.05) is 18.5 Å². The van der Waals surface area contributed by atoms with Crippen LogP contribution in [0.15, 0.2) is 60.9 Å². The highest BCUT2D eigenvalue weighted by Crippen LogP contribution is 2.43. The molecule has 28 heavy (non-hydrogen) atoms. The van der Waals surface area contributed by atoms with Gasteiger partial charge in [0.1, 0.15) is 5.75 Å². The maximum atomic E-state index is 6.65. The van der Waals surface area contributed by atoms with E-state index in [1.54, 1.807) is 0 Å². The minimum atomic E-state index is 0.0694. The van der Waals surface area contributed by atoms with Gasteiger partial charge in [-0.05, 0) is 73.7 Å². The second-order valence-corrected chi connectivity index (χ2v) is 8.19. The van der Waals surface area contributed by atoms with E-state index in [2.05, 4.69) is 61.3 Å². The monoisotopic (exact) mass is 374 g/mol. The minimum absolute atomic E-state index is 0.0694. The van der Waals surface area contributed by atoms with Crippen LogP contribution < -0.4 is 10.5 Å².